The summed E-state index contributed by atoms with van der Waals surface area (Å²) in [5.41, 5.74) is 0. The van der Waals surface area contributed by atoms with E-state index in [9.17, 15) is 4.79 Å². The maximum absolute atomic E-state index is 12.0. The Hall–Kier alpha value is -1.26. The largest absolute Gasteiger partial charge is 0.487 e. The van der Waals surface area contributed by atoms with Crippen LogP contribution in [-0.2, 0) is 4.79 Å². The van der Waals surface area contributed by atoms with Gasteiger partial charge in [-0.3, -0.25) is 4.79 Å². The molecule has 0 bridgehead atoms. The van der Waals surface area contributed by atoms with Gasteiger partial charge in [-0.05, 0) is 31.5 Å². The summed E-state index contributed by atoms with van der Waals surface area (Å²) >= 11 is 6.07. The van der Waals surface area contributed by atoms with Crippen molar-refractivity contribution in [3.05, 3.63) is 29.3 Å². The number of halogens is 1. The summed E-state index contributed by atoms with van der Waals surface area (Å²) in [6, 6.07) is 7.39. The Morgan fingerprint density at radius 1 is 1.55 bits per heavy atom. The second-order valence-corrected chi connectivity index (χ2v) is 5.42. The molecule has 2 rings (SSSR count). The van der Waals surface area contributed by atoms with Crippen molar-refractivity contribution in [2.45, 2.75) is 25.9 Å². The average molecular weight is 297 g/mol. The first-order chi connectivity index (χ1) is 9.70. The maximum atomic E-state index is 12.0. The number of ether oxygens (including phenoxy) is 1. The predicted molar refractivity (Wildman–Crippen MR) is 80.1 cm³/mol. The van der Waals surface area contributed by atoms with Gasteiger partial charge in [0, 0.05) is 6.54 Å². The lowest BCUT2D eigenvalue weighted by atomic mass is 10.1. The lowest BCUT2D eigenvalue weighted by molar-refractivity contribution is -0.124. The molecule has 1 aromatic rings. The molecular formula is C15H21ClN2O2. The SMILES string of the molecule is CCC(CNC(=O)C1CCNC1)Oc1ccccc1Cl. The molecule has 1 aliphatic heterocycles. The standard InChI is InChI=1S/C15H21ClN2O2/c1-2-12(20-14-6-4-3-5-13(14)16)10-18-15(19)11-7-8-17-9-11/h3-6,11-12,17H,2,7-10H2,1H3,(H,18,19). The summed E-state index contributed by atoms with van der Waals surface area (Å²) < 4.78 is 5.85. The van der Waals surface area contributed by atoms with Crippen molar-refractivity contribution < 1.29 is 9.53 Å². The smallest absolute Gasteiger partial charge is 0.224 e. The Labute approximate surface area is 124 Å². The van der Waals surface area contributed by atoms with Crippen LogP contribution in [0.5, 0.6) is 5.75 Å². The summed E-state index contributed by atoms with van der Waals surface area (Å²) in [6.07, 6.45) is 1.66. The second kappa shape index (κ2) is 7.50. The molecule has 1 aromatic carbocycles. The Kier molecular flexibility index (Phi) is 5.68. The molecule has 4 nitrogen and oxygen atoms in total. The zero-order valence-electron chi connectivity index (χ0n) is 11.7. The van der Waals surface area contributed by atoms with E-state index in [-0.39, 0.29) is 17.9 Å². The van der Waals surface area contributed by atoms with E-state index in [1.807, 2.05) is 25.1 Å². The lowest BCUT2D eigenvalue weighted by Gasteiger charge is -2.20. The van der Waals surface area contributed by atoms with E-state index in [2.05, 4.69) is 10.6 Å². The summed E-state index contributed by atoms with van der Waals surface area (Å²) in [6.45, 7) is 4.24. The van der Waals surface area contributed by atoms with Crippen molar-refractivity contribution in [2.75, 3.05) is 19.6 Å². The molecule has 0 saturated carbocycles. The van der Waals surface area contributed by atoms with E-state index in [1.54, 1.807) is 6.07 Å². The van der Waals surface area contributed by atoms with Crippen LogP contribution in [0.2, 0.25) is 5.02 Å². The second-order valence-electron chi connectivity index (χ2n) is 5.01. The zero-order valence-corrected chi connectivity index (χ0v) is 12.5. The highest BCUT2D eigenvalue weighted by atomic mass is 35.5. The number of benzene rings is 1. The van der Waals surface area contributed by atoms with Gasteiger partial charge >= 0.3 is 0 Å². The van der Waals surface area contributed by atoms with E-state index < -0.39 is 0 Å². The lowest BCUT2D eigenvalue weighted by Crippen LogP contribution is -2.39. The number of hydrogen-bond acceptors (Lipinski definition) is 3. The van der Waals surface area contributed by atoms with Crippen LogP contribution >= 0.6 is 11.6 Å². The minimum atomic E-state index is -0.0618. The van der Waals surface area contributed by atoms with Crippen LogP contribution in [0.15, 0.2) is 24.3 Å². The van der Waals surface area contributed by atoms with Crippen molar-refractivity contribution in [3.8, 4) is 5.75 Å². The minimum absolute atomic E-state index is 0.0618. The molecule has 1 aliphatic rings. The van der Waals surface area contributed by atoms with Gasteiger partial charge in [-0.2, -0.15) is 0 Å². The fourth-order valence-electron chi connectivity index (χ4n) is 2.23. The van der Waals surface area contributed by atoms with Gasteiger partial charge in [-0.15, -0.1) is 0 Å². The summed E-state index contributed by atoms with van der Waals surface area (Å²) in [7, 11) is 0. The number of rotatable bonds is 6. The molecule has 0 radical (unpaired) electrons. The molecule has 2 unspecified atom stereocenters. The van der Waals surface area contributed by atoms with Gasteiger partial charge in [0.2, 0.25) is 5.91 Å². The Balaban J connectivity index is 1.83. The fourth-order valence-corrected chi connectivity index (χ4v) is 2.41. The monoisotopic (exact) mass is 296 g/mol. The normalized spacial score (nSPS) is 19.6. The van der Waals surface area contributed by atoms with Gasteiger partial charge in [0.1, 0.15) is 11.9 Å². The Morgan fingerprint density at radius 2 is 2.35 bits per heavy atom. The van der Waals surface area contributed by atoms with Gasteiger partial charge in [0.15, 0.2) is 0 Å². The highest BCUT2D eigenvalue weighted by molar-refractivity contribution is 6.32. The van der Waals surface area contributed by atoms with Gasteiger partial charge in [-0.1, -0.05) is 30.7 Å². The summed E-state index contributed by atoms with van der Waals surface area (Å²) in [4.78, 5) is 12.0. The number of para-hydroxylation sites is 1. The molecular weight excluding hydrogens is 276 g/mol. The van der Waals surface area contributed by atoms with Crippen LogP contribution in [0.4, 0.5) is 0 Å². The van der Waals surface area contributed by atoms with Crippen molar-refractivity contribution >= 4 is 17.5 Å². The van der Waals surface area contributed by atoms with Crippen LogP contribution in [0.1, 0.15) is 19.8 Å². The first-order valence-electron chi connectivity index (χ1n) is 7.10. The van der Waals surface area contributed by atoms with Crippen LogP contribution in [0.25, 0.3) is 0 Å². The zero-order chi connectivity index (χ0) is 14.4. The van der Waals surface area contributed by atoms with Gasteiger partial charge in [0.25, 0.3) is 0 Å². The summed E-state index contributed by atoms with van der Waals surface area (Å²) in [5, 5.41) is 6.76. The molecule has 1 saturated heterocycles. The van der Waals surface area contributed by atoms with Crippen LogP contribution in [0, 0.1) is 5.92 Å². The molecule has 5 heteroatoms. The molecule has 0 spiro atoms. The van der Waals surface area contributed by atoms with E-state index in [4.69, 9.17) is 16.3 Å². The van der Waals surface area contributed by atoms with Crippen LogP contribution in [0.3, 0.4) is 0 Å². The van der Waals surface area contributed by atoms with Gasteiger partial charge < -0.3 is 15.4 Å². The summed E-state index contributed by atoms with van der Waals surface area (Å²) in [5.74, 6) is 0.863. The molecule has 20 heavy (non-hydrogen) atoms. The van der Waals surface area contributed by atoms with Crippen molar-refractivity contribution in [1.82, 2.24) is 10.6 Å². The third-order valence-corrected chi connectivity index (χ3v) is 3.83. The Bertz CT molecular complexity index is 447. The predicted octanol–water partition coefficient (Wildman–Crippen LogP) is 2.22. The van der Waals surface area contributed by atoms with Crippen molar-refractivity contribution in [3.63, 3.8) is 0 Å². The van der Waals surface area contributed by atoms with Crippen LogP contribution in [-0.4, -0.2) is 31.6 Å². The minimum Gasteiger partial charge on any atom is -0.487 e. The highest BCUT2D eigenvalue weighted by Crippen LogP contribution is 2.24. The Morgan fingerprint density at radius 3 is 3.00 bits per heavy atom. The quantitative estimate of drug-likeness (QED) is 0.846. The first kappa shape index (κ1) is 15.1. The van der Waals surface area contributed by atoms with E-state index in [1.165, 1.54) is 0 Å². The topological polar surface area (TPSA) is 50.4 Å². The number of nitrogens with one attached hydrogen (secondary N) is 2. The van der Waals surface area contributed by atoms with E-state index in [0.29, 0.717) is 17.3 Å². The fraction of sp³-hybridized carbons (Fsp3) is 0.533. The van der Waals surface area contributed by atoms with E-state index in [0.717, 1.165) is 25.9 Å². The van der Waals surface area contributed by atoms with Crippen molar-refractivity contribution in [1.29, 1.82) is 0 Å². The van der Waals surface area contributed by atoms with Gasteiger partial charge in [-0.25, -0.2) is 0 Å². The molecule has 2 N–H and O–H groups in total. The number of amides is 1. The third-order valence-electron chi connectivity index (χ3n) is 3.52. The molecule has 1 heterocycles. The van der Waals surface area contributed by atoms with E-state index >= 15 is 0 Å². The average Bonchev–Trinajstić information content (AvgIpc) is 2.99. The molecule has 1 amide bonds. The first-order valence-corrected chi connectivity index (χ1v) is 7.48. The third kappa shape index (κ3) is 4.12. The molecule has 1 fully saturated rings. The number of carbonyl (C=O) groups is 1. The maximum Gasteiger partial charge on any atom is 0.224 e. The van der Waals surface area contributed by atoms with Crippen molar-refractivity contribution in [2.24, 2.45) is 5.92 Å². The molecule has 110 valence electrons. The van der Waals surface area contributed by atoms with Gasteiger partial charge in [0.05, 0.1) is 17.5 Å². The van der Waals surface area contributed by atoms with Crippen LogP contribution < -0.4 is 15.4 Å². The molecule has 0 aromatic heterocycles. The highest BCUT2D eigenvalue weighted by Gasteiger charge is 2.23. The number of hydrogen-bond donors (Lipinski definition) is 2. The molecule has 0 aliphatic carbocycles. The number of carbonyl (C=O) groups excluding carboxylic acids is 1. The molecule has 2 atom stereocenters.